The molecule has 8 heteroatoms. The molecule has 0 saturated heterocycles. The molecule has 1 N–H and O–H groups in total. The predicted molar refractivity (Wildman–Crippen MR) is 65.1 cm³/mol. The lowest BCUT2D eigenvalue weighted by atomic mass is 10.2. The van der Waals surface area contributed by atoms with Gasteiger partial charge in [-0.25, -0.2) is 0 Å². The number of halogens is 1. The molecule has 0 spiro atoms. The average molecular weight is 264 g/mol. The quantitative estimate of drug-likeness (QED) is 0.510. The van der Waals surface area contributed by atoms with E-state index in [0.29, 0.717) is 10.6 Å². The van der Waals surface area contributed by atoms with Gasteiger partial charge >= 0.3 is 0 Å². The van der Waals surface area contributed by atoms with Crippen LogP contribution in [0.4, 0.5) is 11.4 Å². The van der Waals surface area contributed by atoms with Gasteiger partial charge in [-0.3, -0.25) is 15.5 Å². The third-order valence-electron chi connectivity index (χ3n) is 1.97. The summed E-state index contributed by atoms with van der Waals surface area (Å²) in [4.78, 5) is 10.2. The Hall–Kier alpha value is -2.64. The van der Waals surface area contributed by atoms with E-state index in [2.05, 4.69) is 10.5 Å². The van der Waals surface area contributed by atoms with Crippen molar-refractivity contribution in [2.24, 2.45) is 5.10 Å². The minimum absolute atomic E-state index is 0.0126. The smallest absolute Gasteiger partial charge is 0.270 e. The number of nitro benzene ring substituents is 1. The molecule has 0 aliphatic carbocycles. The molecule has 0 atom stereocenters. The number of nitro groups is 1. The molecular weight excluding hydrogens is 258 g/mol. The highest BCUT2D eigenvalue weighted by Gasteiger charge is 2.16. The molecule has 0 fully saturated rings. The summed E-state index contributed by atoms with van der Waals surface area (Å²) in [7, 11) is 0. The van der Waals surface area contributed by atoms with Gasteiger partial charge in [0.1, 0.15) is 17.8 Å². The predicted octanol–water partition coefficient (Wildman–Crippen LogP) is 2.37. The van der Waals surface area contributed by atoms with Gasteiger partial charge in [-0.05, 0) is 18.6 Å². The maximum absolute atomic E-state index is 10.8. The first-order chi connectivity index (χ1) is 8.49. The summed E-state index contributed by atoms with van der Waals surface area (Å²) in [6.07, 6.45) is 0. The Labute approximate surface area is 107 Å². The first-order valence-electron chi connectivity index (χ1n) is 4.58. The van der Waals surface area contributed by atoms with E-state index in [0.717, 1.165) is 0 Å². The lowest BCUT2D eigenvalue weighted by Gasteiger charge is -2.04. The molecule has 0 bridgehead atoms. The van der Waals surface area contributed by atoms with Crippen molar-refractivity contribution >= 4 is 28.7 Å². The summed E-state index contributed by atoms with van der Waals surface area (Å²) in [5.41, 5.74) is 2.15. The normalized spacial score (nSPS) is 8.89. The lowest BCUT2D eigenvalue weighted by molar-refractivity contribution is -0.384. The highest BCUT2D eigenvalue weighted by atomic mass is 35.5. The Bertz CT molecular complexity index is 596. The van der Waals surface area contributed by atoms with Gasteiger partial charge in [0.2, 0.25) is 5.71 Å². The largest absolute Gasteiger partial charge is 0.294 e. The second kappa shape index (κ2) is 5.62. The molecular formula is C10H6ClN5O2. The second-order valence-corrected chi connectivity index (χ2v) is 3.58. The third kappa shape index (κ3) is 2.94. The van der Waals surface area contributed by atoms with Crippen LogP contribution >= 0.6 is 11.6 Å². The Kier molecular flexibility index (Phi) is 4.19. The van der Waals surface area contributed by atoms with Gasteiger partial charge in [-0.2, -0.15) is 15.6 Å². The summed E-state index contributed by atoms with van der Waals surface area (Å²) in [6.45, 7) is 1.62. The van der Waals surface area contributed by atoms with Gasteiger partial charge in [0.15, 0.2) is 0 Å². The van der Waals surface area contributed by atoms with E-state index in [1.165, 1.54) is 24.3 Å². The fourth-order valence-corrected chi connectivity index (χ4v) is 1.26. The zero-order valence-electron chi connectivity index (χ0n) is 9.14. The third-order valence-corrected chi connectivity index (χ3v) is 2.38. The van der Waals surface area contributed by atoms with Crippen LogP contribution in [0, 0.1) is 39.7 Å². The molecule has 1 aromatic rings. The van der Waals surface area contributed by atoms with Crippen LogP contribution in [0.2, 0.25) is 5.02 Å². The molecule has 0 unspecified atom stereocenters. The zero-order valence-corrected chi connectivity index (χ0v) is 9.89. The van der Waals surface area contributed by atoms with Crippen molar-refractivity contribution in [3.05, 3.63) is 32.8 Å². The summed E-state index contributed by atoms with van der Waals surface area (Å²) in [6, 6.07) is 5.63. The van der Waals surface area contributed by atoms with Crippen LogP contribution in [0.1, 0.15) is 5.56 Å². The SMILES string of the molecule is Cc1cc([N+](=O)[O-])c(NN=C(C#N)C#N)cc1Cl. The van der Waals surface area contributed by atoms with Crippen LogP contribution in [0.15, 0.2) is 17.2 Å². The molecule has 0 saturated carbocycles. The molecule has 1 aromatic carbocycles. The number of aryl methyl sites for hydroxylation is 1. The fourth-order valence-electron chi connectivity index (χ4n) is 1.10. The van der Waals surface area contributed by atoms with E-state index in [4.69, 9.17) is 22.1 Å². The van der Waals surface area contributed by atoms with Gasteiger partial charge in [-0.1, -0.05) is 11.6 Å². The number of benzene rings is 1. The lowest BCUT2D eigenvalue weighted by Crippen LogP contribution is -2.00. The second-order valence-electron chi connectivity index (χ2n) is 3.17. The molecule has 18 heavy (non-hydrogen) atoms. The molecule has 1 rings (SSSR count). The molecule has 0 radical (unpaired) electrons. The summed E-state index contributed by atoms with van der Waals surface area (Å²) in [5, 5.41) is 31.5. The molecule has 90 valence electrons. The van der Waals surface area contributed by atoms with Crippen LogP contribution in [-0.2, 0) is 0 Å². The number of nitrogens with zero attached hydrogens (tertiary/aromatic N) is 4. The molecule has 0 heterocycles. The number of hydrogen-bond donors (Lipinski definition) is 1. The van der Waals surface area contributed by atoms with E-state index in [-0.39, 0.29) is 11.4 Å². The molecule has 0 aromatic heterocycles. The topological polar surface area (TPSA) is 115 Å². The van der Waals surface area contributed by atoms with E-state index >= 15 is 0 Å². The van der Waals surface area contributed by atoms with Gasteiger partial charge in [-0.15, -0.1) is 0 Å². The monoisotopic (exact) mass is 263 g/mol. The summed E-state index contributed by atoms with van der Waals surface area (Å²) in [5.74, 6) is 0. The number of hydrogen-bond acceptors (Lipinski definition) is 6. The van der Waals surface area contributed by atoms with Crippen molar-refractivity contribution in [2.45, 2.75) is 6.92 Å². The number of hydrazone groups is 1. The standard InChI is InChI=1S/C10H6ClN5O2/c1-6-2-10(16(17)18)9(3-8(6)11)15-14-7(4-12)5-13/h2-3,15H,1H3. The molecule has 7 nitrogen and oxygen atoms in total. The maximum Gasteiger partial charge on any atom is 0.294 e. The highest BCUT2D eigenvalue weighted by Crippen LogP contribution is 2.30. The van der Waals surface area contributed by atoms with Crippen molar-refractivity contribution in [1.29, 1.82) is 10.5 Å². The Morgan fingerprint density at radius 3 is 2.61 bits per heavy atom. The Morgan fingerprint density at radius 1 is 1.50 bits per heavy atom. The first kappa shape index (κ1) is 13.4. The Balaban J connectivity index is 3.21. The van der Waals surface area contributed by atoms with E-state index in [9.17, 15) is 10.1 Å². The van der Waals surface area contributed by atoms with E-state index < -0.39 is 10.6 Å². The highest BCUT2D eigenvalue weighted by molar-refractivity contribution is 6.31. The summed E-state index contributed by atoms with van der Waals surface area (Å²) < 4.78 is 0. The zero-order chi connectivity index (χ0) is 13.7. The molecule has 0 aliphatic heterocycles. The van der Waals surface area contributed by atoms with Gasteiger partial charge in [0.25, 0.3) is 5.69 Å². The fraction of sp³-hybridized carbons (Fsp3) is 0.100. The Morgan fingerprint density at radius 2 is 2.11 bits per heavy atom. The number of anilines is 1. The molecule has 0 aliphatic rings. The number of nitrogens with one attached hydrogen (secondary N) is 1. The van der Waals surface area contributed by atoms with Crippen molar-refractivity contribution in [3.8, 4) is 12.1 Å². The van der Waals surface area contributed by atoms with Crippen LogP contribution < -0.4 is 5.43 Å². The minimum atomic E-state index is -0.612. The van der Waals surface area contributed by atoms with Crippen LogP contribution in [-0.4, -0.2) is 10.6 Å². The van der Waals surface area contributed by atoms with Crippen LogP contribution in [0.5, 0.6) is 0 Å². The van der Waals surface area contributed by atoms with Crippen molar-refractivity contribution in [2.75, 3.05) is 5.43 Å². The van der Waals surface area contributed by atoms with E-state index in [1.54, 1.807) is 6.92 Å². The number of nitriles is 2. The minimum Gasteiger partial charge on any atom is -0.270 e. The summed E-state index contributed by atoms with van der Waals surface area (Å²) >= 11 is 5.83. The average Bonchev–Trinajstić information content (AvgIpc) is 2.34. The molecule has 0 amide bonds. The van der Waals surface area contributed by atoms with E-state index in [1.807, 2.05) is 0 Å². The van der Waals surface area contributed by atoms with Crippen molar-refractivity contribution in [1.82, 2.24) is 0 Å². The van der Waals surface area contributed by atoms with Gasteiger partial charge in [0, 0.05) is 11.1 Å². The number of rotatable bonds is 3. The van der Waals surface area contributed by atoms with Crippen molar-refractivity contribution < 1.29 is 4.92 Å². The van der Waals surface area contributed by atoms with Gasteiger partial charge in [0.05, 0.1) is 4.92 Å². The first-order valence-corrected chi connectivity index (χ1v) is 4.95. The van der Waals surface area contributed by atoms with Crippen molar-refractivity contribution in [3.63, 3.8) is 0 Å². The van der Waals surface area contributed by atoms with Crippen LogP contribution in [0.3, 0.4) is 0 Å². The maximum atomic E-state index is 10.8. The van der Waals surface area contributed by atoms with Gasteiger partial charge < -0.3 is 0 Å². The van der Waals surface area contributed by atoms with Crippen LogP contribution in [0.25, 0.3) is 0 Å².